The van der Waals surface area contributed by atoms with Crippen LogP contribution in [0.2, 0.25) is 0 Å². The van der Waals surface area contributed by atoms with E-state index in [1.807, 2.05) is 6.20 Å². The van der Waals surface area contributed by atoms with Gasteiger partial charge >= 0.3 is 0 Å². The molecule has 1 heterocycles. The van der Waals surface area contributed by atoms with Gasteiger partial charge in [-0.2, -0.15) is 0 Å². The zero-order valence-corrected chi connectivity index (χ0v) is 11.7. The number of fused-ring (bicyclic) bond motifs is 2. The van der Waals surface area contributed by atoms with E-state index in [2.05, 4.69) is 77.8 Å². The number of pyridine rings is 1. The van der Waals surface area contributed by atoms with Gasteiger partial charge < -0.3 is 0 Å². The summed E-state index contributed by atoms with van der Waals surface area (Å²) >= 11 is 0. The predicted octanol–water partition coefficient (Wildman–Crippen LogP) is 4.98. The SMILES string of the molecule is c1ccc2cc(Cc3nccc4ccccc34)ccc2c1. The monoisotopic (exact) mass is 269 g/mol. The Morgan fingerprint density at radius 3 is 2.33 bits per heavy atom. The summed E-state index contributed by atoms with van der Waals surface area (Å²) in [7, 11) is 0. The van der Waals surface area contributed by atoms with Crippen LogP contribution in [0.15, 0.2) is 79.0 Å². The molecule has 1 nitrogen and oxygen atoms in total. The molecule has 0 radical (unpaired) electrons. The van der Waals surface area contributed by atoms with Crippen molar-refractivity contribution in [1.82, 2.24) is 4.98 Å². The molecule has 0 saturated carbocycles. The van der Waals surface area contributed by atoms with Gasteiger partial charge in [0.1, 0.15) is 0 Å². The molecule has 0 aliphatic rings. The number of hydrogen-bond acceptors (Lipinski definition) is 1. The summed E-state index contributed by atoms with van der Waals surface area (Å²) < 4.78 is 0. The third-order valence-electron chi connectivity index (χ3n) is 3.94. The molecular weight excluding hydrogens is 254 g/mol. The average molecular weight is 269 g/mol. The van der Waals surface area contributed by atoms with Crippen LogP contribution in [0.25, 0.3) is 21.5 Å². The number of aromatic nitrogens is 1. The van der Waals surface area contributed by atoms with E-state index < -0.39 is 0 Å². The first-order chi connectivity index (χ1) is 10.4. The van der Waals surface area contributed by atoms with E-state index in [9.17, 15) is 0 Å². The maximum Gasteiger partial charge on any atom is 0.0525 e. The van der Waals surface area contributed by atoms with Gasteiger partial charge in [-0.1, -0.05) is 66.7 Å². The largest absolute Gasteiger partial charge is 0.260 e. The quantitative estimate of drug-likeness (QED) is 0.500. The van der Waals surface area contributed by atoms with Crippen molar-refractivity contribution in [3.8, 4) is 0 Å². The summed E-state index contributed by atoms with van der Waals surface area (Å²) in [4.78, 5) is 4.58. The van der Waals surface area contributed by atoms with Crippen molar-refractivity contribution in [2.75, 3.05) is 0 Å². The molecular formula is C20H15N. The molecule has 0 unspecified atom stereocenters. The van der Waals surface area contributed by atoms with Crippen molar-refractivity contribution < 1.29 is 0 Å². The fourth-order valence-corrected chi connectivity index (χ4v) is 2.87. The van der Waals surface area contributed by atoms with Crippen molar-refractivity contribution in [2.45, 2.75) is 6.42 Å². The van der Waals surface area contributed by atoms with Crippen LogP contribution in [0.1, 0.15) is 11.3 Å². The van der Waals surface area contributed by atoms with Crippen molar-refractivity contribution >= 4 is 21.5 Å². The Labute approximate surface area is 123 Å². The predicted molar refractivity (Wildman–Crippen MR) is 88.5 cm³/mol. The summed E-state index contributed by atoms with van der Waals surface area (Å²) in [5.41, 5.74) is 2.45. The molecule has 0 N–H and O–H groups in total. The Morgan fingerprint density at radius 1 is 0.667 bits per heavy atom. The fourth-order valence-electron chi connectivity index (χ4n) is 2.87. The highest BCUT2D eigenvalue weighted by Gasteiger charge is 2.04. The molecule has 4 aromatic rings. The first kappa shape index (κ1) is 12.1. The van der Waals surface area contributed by atoms with Crippen molar-refractivity contribution in [2.24, 2.45) is 0 Å². The second-order valence-corrected chi connectivity index (χ2v) is 5.34. The van der Waals surface area contributed by atoms with E-state index in [0.717, 1.165) is 12.1 Å². The normalized spacial score (nSPS) is 11.0. The van der Waals surface area contributed by atoms with E-state index in [1.165, 1.54) is 27.1 Å². The summed E-state index contributed by atoms with van der Waals surface area (Å²) in [6, 6.07) is 25.6. The molecule has 3 aromatic carbocycles. The topological polar surface area (TPSA) is 12.9 Å². The fraction of sp³-hybridized carbons (Fsp3) is 0.0500. The Kier molecular flexibility index (Phi) is 2.89. The number of rotatable bonds is 2. The minimum Gasteiger partial charge on any atom is -0.260 e. The number of benzene rings is 3. The molecule has 0 fully saturated rings. The third-order valence-corrected chi connectivity index (χ3v) is 3.94. The van der Waals surface area contributed by atoms with Gasteiger partial charge in [0.25, 0.3) is 0 Å². The van der Waals surface area contributed by atoms with Crippen LogP contribution in [-0.4, -0.2) is 4.98 Å². The molecule has 0 atom stereocenters. The first-order valence-corrected chi connectivity index (χ1v) is 7.20. The highest BCUT2D eigenvalue weighted by molar-refractivity contribution is 5.85. The first-order valence-electron chi connectivity index (χ1n) is 7.20. The molecule has 0 bridgehead atoms. The smallest absolute Gasteiger partial charge is 0.0525 e. The Morgan fingerprint density at radius 2 is 1.43 bits per heavy atom. The lowest BCUT2D eigenvalue weighted by molar-refractivity contribution is 1.10. The summed E-state index contributed by atoms with van der Waals surface area (Å²) in [6.45, 7) is 0. The van der Waals surface area contributed by atoms with Gasteiger partial charge in [-0.15, -0.1) is 0 Å². The lowest BCUT2D eigenvalue weighted by Gasteiger charge is -2.07. The van der Waals surface area contributed by atoms with Crippen molar-refractivity contribution in [3.63, 3.8) is 0 Å². The van der Waals surface area contributed by atoms with Gasteiger partial charge in [0.05, 0.1) is 5.69 Å². The van der Waals surface area contributed by atoms with E-state index in [1.54, 1.807) is 0 Å². The van der Waals surface area contributed by atoms with Gasteiger partial charge in [-0.3, -0.25) is 4.98 Å². The molecule has 1 aromatic heterocycles. The van der Waals surface area contributed by atoms with E-state index in [-0.39, 0.29) is 0 Å². The summed E-state index contributed by atoms with van der Waals surface area (Å²) in [5, 5.41) is 5.07. The van der Waals surface area contributed by atoms with Gasteiger partial charge in [-0.25, -0.2) is 0 Å². The highest BCUT2D eigenvalue weighted by Crippen LogP contribution is 2.21. The van der Waals surface area contributed by atoms with E-state index in [0.29, 0.717) is 0 Å². The lowest BCUT2D eigenvalue weighted by atomic mass is 10.0. The van der Waals surface area contributed by atoms with Crippen LogP contribution in [0.3, 0.4) is 0 Å². The summed E-state index contributed by atoms with van der Waals surface area (Å²) in [5.74, 6) is 0. The minimum absolute atomic E-state index is 0.867. The summed E-state index contributed by atoms with van der Waals surface area (Å²) in [6.07, 6.45) is 2.77. The van der Waals surface area contributed by atoms with Crippen LogP contribution < -0.4 is 0 Å². The van der Waals surface area contributed by atoms with Gasteiger partial charge in [0, 0.05) is 18.0 Å². The molecule has 0 saturated heterocycles. The Bertz CT molecular complexity index is 919. The van der Waals surface area contributed by atoms with Crippen LogP contribution in [0, 0.1) is 0 Å². The molecule has 0 amide bonds. The molecule has 100 valence electrons. The Hall–Kier alpha value is -2.67. The minimum atomic E-state index is 0.867. The standard InChI is InChI=1S/C20H15N/c1-2-7-18-13-15(9-10-16(18)5-1)14-20-19-8-4-3-6-17(19)11-12-21-20/h1-13H,14H2. The number of hydrogen-bond donors (Lipinski definition) is 0. The second-order valence-electron chi connectivity index (χ2n) is 5.34. The zero-order valence-electron chi connectivity index (χ0n) is 11.7. The average Bonchev–Trinajstić information content (AvgIpc) is 2.55. The van der Waals surface area contributed by atoms with E-state index >= 15 is 0 Å². The molecule has 21 heavy (non-hydrogen) atoms. The third kappa shape index (κ3) is 2.27. The van der Waals surface area contributed by atoms with Crippen LogP contribution >= 0.6 is 0 Å². The molecule has 1 heteroatoms. The zero-order chi connectivity index (χ0) is 14.1. The van der Waals surface area contributed by atoms with Crippen molar-refractivity contribution in [3.05, 3.63) is 90.3 Å². The van der Waals surface area contributed by atoms with Gasteiger partial charge in [0.2, 0.25) is 0 Å². The van der Waals surface area contributed by atoms with Crippen LogP contribution in [0.5, 0.6) is 0 Å². The maximum atomic E-state index is 4.58. The Balaban J connectivity index is 1.79. The van der Waals surface area contributed by atoms with Crippen molar-refractivity contribution in [1.29, 1.82) is 0 Å². The van der Waals surface area contributed by atoms with Gasteiger partial charge in [-0.05, 0) is 27.8 Å². The molecule has 0 spiro atoms. The number of nitrogens with zero attached hydrogens (tertiary/aromatic N) is 1. The molecule has 0 aliphatic heterocycles. The highest BCUT2D eigenvalue weighted by atomic mass is 14.7. The maximum absolute atomic E-state index is 4.58. The van der Waals surface area contributed by atoms with Gasteiger partial charge in [0.15, 0.2) is 0 Å². The lowest BCUT2D eigenvalue weighted by Crippen LogP contribution is -1.93. The molecule has 0 aliphatic carbocycles. The van der Waals surface area contributed by atoms with Crippen LogP contribution in [0.4, 0.5) is 0 Å². The van der Waals surface area contributed by atoms with Crippen LogP contribution in [-0.2, 0) is 6.42 Å². The molecule has 4 rings (SSSR count). The second kappa shape index (κ2) is 5.02. The van der Waals surface area contributed by atoms with E-state index in [4.69, 9.17) is 0 Å².